The Bertz CT molecular complexity index is 492. The minimum atomic E-state index is -0.124. The summed E-state index contributed by atoms with van der Waals surface area (Å²) in [4.78, 5) is 2.54. The Morgan fingerprint density at radius 1 is 1.24 bits per heavy atom. The molecule has 0 aliphatic heterocycles. The maximum atomic E-state index is 13.6. The largest absolute Gasteiger partial charge is 0.312 e. The van der Waals surface area contributed by atoms with Crippen LogP contribution in [0.3, 0.4) is 0 Å². The smallest absolute Gasteiger partial charge is 0.126 e. The van der Waals surface area contributed by atoms with E-state index in [0.29, 0.717) is 6.42 Å². The zero-order valence-corrected chi connectivity index (χ0v) is 10.9. The number of likely N-dealkylation sites (N-methyl/N-ethyl adjacent to an activating group) is 1. The van der Waals surface area contributed by atoms with E-state index in [0.717, 1.165) is 5.56 Å². The van der Waals surface area contributed by atoms with Crippen LogP contribution >= 0.6 is 11.3 Å². The summed E-state index contributed by atoms with van der Waals surface area (Å²) in [5, 5.41) is 3.25. The van der Waals surface area contributed by atoms with E-state index in [1.54, 1.807) is 17.4 Å². The monoisotopic (exact) mass is 249 g/mol. The highest BCUT2D eigenvalue weighted by molar-refractivity contribution is 7.12. The van der Waals surface area contributed by atoms with Crippen LogP contribution in [-0.4, -0.2) is 7.05 Å². The third-order valence-corrected chi connectivity index (χ3v) is 3.95. The van der Waals surface area contributed by atoms with Gasteiger partial charge in [-0.2, -0.15) is 0 Å². The molecule has 1 unspecified atom stereocenters. The number of hydrogen-bond donors (Lipinski definition) is 1. The second-order valence-corrected chi connectivity index (χ2v) is 5.40. The minimum Gasteiger partial charge on any atom is -0.312 e. The molecule has 17 heavy (non-hydrogen) atoms. The van der Waals surface area contributed by atoms with Gasteiger partial charge in [-0.05, 0) is 44.2 Å². The van der Waals surface area contributed by atoms with Crippen molar-refractivity contribution in [3.05, 3.63) is 57.5 Å². The van der Waals surface area contributed by atoms with Gasteiger partial charge >= 0.3 is 0 Å². The molecule has 90 valence electrons. The van der Waals surface area contributed by atoms with Gasteiger partial charge in [0.1, 0.15) is 5.82 Å². The van der Waals surface area contributed by atoms with Crippen LogP contribution in [0.15, 0.2) is 36.4 Å². The highest BCUT2D eigenvalue weighted by Gasteiger charge is 2.13. The van der Waals surface area contributed by atoms with Crippen molar-refractivity contribution in [3.8, 4) is 0 Å². The van der Waals surface area contributed by atoms with Crippen LogP contribution in [0, 0.1) is 12.7 Å². The number of aryl methyl sites for hydroxylation is 1. The lowest BCUT2D eigenvalue weighted by molar-refractivity contribution is 0.560. The first-order valence-electron chi connectivity index (χ1n) is 5.67. The van der Waals surface area contributed by atoms with Crippen LogP contribution in [0.4, 0.5) is 4.39 Å². The van der Waals surface area contributed by atoms with Crippen molar-refractivity contribution in [3.63, 3.8) is 0 Å². The highest BCUT2D eigenvalue weighted by atomic mass is 32.1. The molecule has 0 fully saturated rings. The first kappa shape index (κ1) is 12.3. The van der Waals surface area contributed by atoms with Crippen LogP contribution in [0.25, 0.3) is 0 Å². The van der Waals surface area contributed by atoms with Gasteiger partial charge in [0.2, 0.25) is 0 Å². The zero-order valence-electron chi connectivity index (χ0n) is 10.0. The van der Waals surface area contributed by atoms with Gasteiger partial charge < -0.3 is 5.32 Å². The molecule has 0 aliphatic carbocycles. The standard InChI is InChI=1S/C14H16FNS/c1-10-7-8-14(17-10)13(16-2)9-11-5-3-4-6-12(11)15/h3-8,13,16H,9H2,1-2H3. The third kappa shape index (κ3) is 2.93. The fraction of sp³-hybridized carbons (Fsp3) is 0.286. The molecule has 2 rings (SSSR count). The topological polar surface area (TPSA) is 12.0 Å². The highest BCUT2D eigenvalue weighted by Crippen LogP contribution is 2.26. The summed E-state index contributed by atoms with van der Waals surface area (Å²) >= 11 is 1.76. The first-order valence-corrected chi connectivity index (χ1v) is 6.49. The molecule has 1 aromatic heterocycles. The number of thiophene rings is 1. The molecule has 1 atom stereocenters. The van der Waals surface area contributed by atoms with Gasteiger partial charge in [0.05, 0.1) is 0 Å². The summed E-state index contributed by atoms with van der Waals surface area (Å²) in [6, 6.07) is 11.4. The molecular formula is C14H16FNS. The molecule has 2 aromatic rings. The lowest BCUT2D eigenvalue weighted by Gasteiger charge is -2.15. The number of halogens is 1. The Balaban J connectivity index is 2.18. The predicted molar refractivity (Wildman–Crippen MR) is 71.0 cm³/mol. The van der Waals surface area contributed by atoms with Crippen LogP contribution < -0.4 is 5.32 Å². The average molecular weight is 249 g/mol. The predicted octanol–water partition coefficient (Wildman–Crippen LogP) is 3.70. The number of rotatable bonds is 4. The van der Waals surface area contributed by atoms with Crippen molar-refractivity contribution in [1.82, 2.24) is 5.32 Å². The minimum absolute atomic E-state index is 0.124. The molecule has 0 spiro atoms. The van der Waals surface area contributed by atoms with Crippen molar-refractivity contribution < 1.29 is 4.39 Å². The van der Waals surface area contributed by atoms with Gasteiger partial charge in [0, 0.05) is 15.8 Å². The fourth-order valence-electron chi connectivity index (χ4n) is 1.87. The van der Waals surface area contributed by atoms with E-state index in [1.807, 2.05) is 19.2 Å². The van der Waals surface area contributed by atoms with E-state index in [9.17, 15) is 4.39 Å². The van der Waals surface area contributed by atoms with E-state index in [-0.39, 0.29) is 11.9 Å². The van der Waals surface area contributed by atoms with E-state index in [4.69, 9.17) is 0 Å². The lowest BCUT2D eigenvalue weighted by Crippen LogP contribution is -2.18. The molecule has 3 heteroatoms. The second kappa shape index (κ2) is 5.43. The summed E-state index contributed by atoms with van der Waals surface area (Å²) in [7, 11) is 1.92. The molecule has 0 bridgehead atoms. The molecular weight excluding hydrogens is 233 g/mol. The van der Waals surface area contributed by atoms with Gasteiger partial charge in [-0.25, -0.2) is 4.39 Å². The molecule has 0 saturated heterocycles. The maximum Gasteiger partial charge on any atom is 0.126 e. The Kier molecular flexibility index (Phi) is 3.92. The van der Waals surface area contributed by atoms with Crippen molar-refractivity contribution in [2.45, 2.75) is 19.4 Å². The van der Waals surface area contributed by atoms with Crippen molar-refractivity contribution >= 4 is 11.3 Å². The second-order valence-electron chi connectivity index (χ2n) is 4.09. The normalized spacial score (nSPS) is 12.6. The lowest BCUT2D eigenvalue weighted by atomic mass is 10.0. The molecule has 0 aliphatic rings. The fourth-order valence-corrected chi connectivity index (χ4v) is 2.86. The average Bonchev–Trinajstić information content (AvgIpc) is 2.75. The van der Waals surface area contributed by atoms with Crippen LogP contribution in [0.5, 0.6) is 0 Å². The number of hydrogen-bond acceptors (Lipinski definition) is 2. The molecule has 1 heterocycles. The molecule has 1 aromatic carbocycles. The van der Waals surface area contributed by atoms with E-state index >= 15 is 0 Å². The van der Waals surface area contributed by atoms with Gasteiger partial charge in [0.15, 0.2) is 0 Å². The van der Waals surface area contributed by atoms with E-state index in [2.05, 4.69) is 24.4 Å². The number of nitrogens with one attached hydrogen (secondary N) is 1. The Morgan fingerprint density at radius 2 is 2.00 bits per heavy atom. The summed E-state index contributed by atoms with van der Waals surface area (Å²) in [5.74, 6) is -0.124. The van der Waals surface area contributed by atoms with Crippen LogP contribution in [0.1, 0.15) is 21.4 Å². The SMILES string of the molecule is CNC(Cc1ccccc1F)c1ccc(C)s1. The van der Waals surface area contributed by atoms with Gasteiger partial charge in [-0.1, -0.05) is 18.2 Å². The van der Waals surface area contributed by atoms with Crippen molar-refractivity contribution in [2.24, 2.45) is 0 Å². The van der Waals surface area contributed by atoms with Gasteiger partial charge in [0.25, 0.3) is 0 Å². The Hall–Kier alpha value is -1.19. The maximum absolute atomic E-state index is 13.6. The molecule has 1 nitrogen and oxygen atoms in total. The summed E-state index contributed by atoms with van der Waals surface area (Å²) in [6.07, 6.45) is 0.684. The third-order valence-electron chi connectivity index (χ3n) is 2.83. The molecule has 1 N–H and O–H groups in total. The van der Waals surface area contributed by atoms with Gasteiger partial charge in [-0.15, -0.1) is 11.3 Å². The van der Waals surface area contributed by atoms with E-state index in [1.165, 1.54) is 15.8 Å². The van der Waals surface area contributed by atoms with Crippen molar-refractivity contribution in [1.29, 1.82) is 0 Å². The van der Waals surface area contributed by atoms with Crippen LogP contribution in [0.2, 0.25) is 0 Å². The Labute approximate surface area is 105 Å². The number of benzene rings is 1. The van der Waals surface area contributed by atoms with Crippen LogP contribution in [-0.2, 0) is 6.42 Å². The molecule has 0 saturated carbocycles. The molecule has 0 radical (unpaired) electrons. The summed E-state index contributed by atoms with van der Waals surface area (Å²) < 4.78 is 13.6. The van der Waals surface area contributed by atoms with E-state index < -0.39 is 0 Å². The van der Waals surface area contributed by atoms with Crippen molar-refractivity contribution in [2.75, 3.05) is 7.05 Å². The summed E-state index contributed by atoms with van der Waals surface area (Å²) in [5.41, 5.74) is 0.762. The molecule has 0 amide bonds. The van der Waals surface area contributed by atoms with Gasteiger partial charge in [-0.3, -0.25) is 0 Å². The zero-order chi connectivity index (χ0) is 12.3. The summed E-state index contributed by atoms with van der Waals surface area (Å²) in [6.45, 7) is 2.09. The quantitative estimate of drug-likeness (QED) is 0.871. The first-order chi connectivity index (χ1) is 8.20. The Morgan fingerprint density at radius 3 is 2.59 bits per heavy atom.